The molecule has 0 bridgehead atoms. The lowest BCUT2D eigenvalue weighted by atomic mass is 10.1. The van der Waals surface area contributed by atoms with Crippen LogP contribution < -0.4 is 15.8 Å². The van der Waals surface area contributed by atoms with Crippen LogP contribution in [-0.4, -0.2) is 43.6 Å². The van der Waals surface area contributed by atoms with E-state index in [4.69, 9.17) is 10.5 Å². The molecule has 5 heteroatoms. The zero-order valence-corrected chi connectivity index (χ0v) is 12.0. The number of nitrogens with zero attached hydrogens (tertiary/aromatic N) is 1. The number of anilines is 1. The molecular weight excluding hydrogens is 254 g/mol. The van der Waals surface area contributed by atoms with Crippen molar-refractivity contribution in [1.29, 1.82) is 0 Å². The normalized spacial score (nSPS) is 19.0. The van der Waals surface area contributed by atoms with Crippen LogP contribution in [0.2, 0.25) is 0 Å². The van der Waals surface area contributed by atoms with E-state index in [1.165, 1.54) is 0 Å². The highest BCUT2D eigenvalue weighted by molar-refractivity contribution is 5.93. The Hall–Kier alpha value is -1.59. The van der Waals surface area contributed by atoms with Gasteiger partial charge in [-0.2, -0.15) is 0 Å². The Labute approximate surface area is 120 Å². The molecule has 0 spiro atoms. The number of ether oxygens (including phenoxy) is 1. The Morgan fingerprint density at radius 2 is 2.30 bits per heavy atom. The Kier molecular flexibility index (Phi) is 5.38. The van der Waals surface area contributed by atoms with Gasteiger partial charge in [0.05, 0.1) is 18.8 Å². The molecule has 1 aliphatic rings. The van der Waals surface area contributed by atoms with Crippen LogP contribution in [0.5, 0.6) is 5.75 Å². The quantitative estimate of drug-likeness (QED) is 0.822. The van der Waals surface area contributed by atoms with Gasteiger partial charge in [-0.05, 0) is 44.5 Å². The molecule has 0 radical (unpaired) electrons. The Morgan fingerprint density at radius 1 is 1.50 bits per heavy atom. The number of rotatable bonds is 6. The van der Waals surface area contributed by atoms with Crippen molar-refractivity contribution < 1.29 is 9.53 Å². The summed E-state index contributed by atoms with van der Waals surface area (Å²) in [5, 5.41) is 2.92. The van der Waals surface area contributed by atoms with Gasteiger partial charge in [0.25, 0.3) is 0 Å². The van der Waals surface area contributed by atoms with Crippen molar-refractivity contribution in [2.24, 2.45) is 11.7 Å². The summed E-state index contributed by atoms with van der Waals surface area (Å²) in [5.74, 6) is 1.23. The fourth-order valence-electron chi connectivity index (χ4n) is 2.49. The van der Waals surface area contributed by atoms with E-state index in [0.29, 0.717) is 31.4 Å². The van der Waals surface area contributed by atoms with Crippen molar-refractivity contribution in [2.45, 2.75) is 13.3 Å². The van der Waals surface area contributed by atoms with E-state index >= 15 is 0 Å². The number of para-hydroxylation sites is 2. The van der Waals surface area contributed by atoms with Crippen LogP contribution in [0, 0.1) is 5.92 Å². The number of hydrogen-bond acceptors (Lipinski definition) is 4. The van der Waals surface area contributed by atoms with Gasteiger partial charge < -0.3 is 15.8 Å². The first kappa shape index (κ1) is 14.8. The fraction of sp³-hybridized carbons (Fsp3) is 0.533. The van der Waals surface area contributed by atoms with Gasteiger partial charge in [-0.3, -0.25) is 9.69 Å². The third-order valence-electron chi connectivity index (χ3n) is 3.53. The number of benzene rings is 1. The largest absolute Gasteiger partial charge is 0.492 e. The van der Waals surface area contributed by atoms with Gasteiger partial charge in [0.15, 0.2) is 0 Å². The second-order valence-corrected chi connectivity index (χ2v) is 5.10. The minimum atomic E-state index is -0.00479. The van der Waals surface area contributed by atoms with Crippen LogP contribution in [0.15, 0.2) is 24.3 Å². The maximum Gasteiger partial charge on any atom is 0.238 e. The smallest absolute Gasteiger partial charge is 0.238 e. The lowest BCUT2D eigenvalue weighted by molar-refractivity contribution is -0.117. The first-order chi connectivity index (χ1) is 9.72. The van der Waals surface area contributed by atoms with E-state index < -0.39 is 0 Å². The summed E-state index contributed by atoms with van der Waals surface area (Å²) >= 11 is 0. The average molecular weight is 277 g/mol. The average Bonchev–Trinajstić information content (AvgIpc) is 2.89. The van der Waals surface area contributed by atoms with Crippen molar-refractivity contribution in [2.75, 3.05) is 38.1 Å². The molecule has 20 heavy (non-hydrogen) atoms. The number of carbonyl (C=O) groups excluding carboxylic acids is 1. The molecule has 5 nitrogen and oxygen atoms in total. The SMILES string of the molecule is CCOc1ccccc1NC(=O)CN1CCC(CN)C1. The predicted molar refractivity (Wildman–Crippen MR) is 79.8 cm³/mol. The monoisotopic (exact) mass is 277 g/mol. The van der Waals surface area contributed by atoms with Crippen molar-refractivity contribution >= 4 is 11.6 Å². The lowest BCUT2D eigenvalue weighted by Gasteiger charge is -2.16. The van der Waals surface area contributed by atoms with Gasteiger partial charge in [0.2, 0.25) is 5.91 Å². The summed E-state index contributed by atoms with van der Waals surface area (Å²) < 4.78 is 5.50. The Morgan fingerprint density at radius 3 is 3.00 bits per heavy atom. The highest BCUT2D eigenvalue weighted by atomic mass is 16.5. The van der Waals surface area contributed by atoms with Gasteiger partial charge in [0, 0.05) is 6.54 Å². The summed E-state index contributed by atoms with van der Waals surface area (Å²) in [7, 11) is 0. The van der Waals surface area contributed by atoms with Gasteiger partial charge in [-0.15, -0.1) is 0 Å². The van der Waals surface area contributed by atoms with Crippen LogP contribution in [0.25, 0.3) is 0 Å². The molecule has 110 valence electrons. The minimum absolute atomic E-state index is 0.00479. The number of nitrogens with two attached hydrogens (primary N) is 1. The van der Waals surface area contributed by atoms with Crippen LogP contribution in [0.3, 0.4) is 0 Å². The minimum Gasteiger partial charge on any atom is -0.492 e. The molecule has 1 atom stereocenters. The van der Waals surface area contributed by atoms with E-state index in [0.717, 1.165) is 25.2 Å². The third-order valence-corrected chi connectivity index (χ3v) is 3.53. The van der Waals surface area contributed by atoms with Crippen LogP contribution in [-0.2, 0) is 4.79 Å². The van der Waals surface area contributed by atoms with E-state index in [1.54, 1.807) is 0 Å². The molecule has 0 aromatic heterocycles. The fourth-order valence-corrected chi connectivity index (χ4v) is 2.49. The third kappa shape index (κ3) is 3.95. The molecule has 0 saturated carbocycles. The zero-order valence-electron chi connectivity index (χ0n) is 12.0. The first-order valence-corrected chi connectivity index (χ1v) is 7.17. The van der Waals surface area contributed by atoms with Gasteiger partial charge in [-0.25, -0.2) is 0 Å². The van der Waals surface area contributed by atoms with Gasteiger partial charge >= 0.3 is 0 Å². The standard InChI is InChI=1S/C15H23N3O2/c1-2-20-14-6-4-3-5-13(14)17-15(19)11-18-8-7-12(9-16)10-18/h3-6,12H,2,7-11,16H2,1H3,(H,17,19). The predicted octanol–water partition coefficient (Wildman–Crippen LogP) is 1.30. The first-order valence-electron chi connectivity index (χ1n) is 7.17. The summed E-state index contributed by atoms with van der Waals surface area (Å²) in [6.07, 6.45) is 1.08. The number of nitrogens with one attached hydrogen (secondary N) is 1. The van der Waals surface area contributed by atoms with Crippen LogP contribution in [0.4, 0.5) is 5.69 Å². The highest BCUT2D eigenvalue weighted by Gasteiger charge is 2.23. The molecular formula is C15H23N3O2. The van der Waals surface area contributed by atoms with E-state index in [9.17, 15) is 4.79 Å². The number of hydrogen-bond donors (Lipinski definition) is 2. The number of likely N-dealkylation sites (tertiary alicyclic amines) is 1. The summed E-state index contributed by atoms with van der Waals surface area (Å²) in [4.78, 5) is 14.2. The molecule has 3 N–H and O–H groups in total. The number of carbonyl (C=O) groups is 1. The van der Waals surface area contributed by atoms with Crippen molar-refractivity contribution in [3.8, 4) is 5.75 Å². The van der Waals surface area contributed by atoms with Crippen molar-refractivity contribution in [3.63, 3.8) is 0 Å². The maximum atomic E-state index is 12.1. The molecule has 0 aliphatic carbocycles. The molecule has 1 aromatic carbocycles. The topological polar surface area (TPSA) is 67.6 Å². The van der Waals surface area contributed by atoms with Crippen LogP contribution in [0.1, 0.15) is 13.3 Å². The summed E-state index contributed by atoms with van der Waals surface area (Å²) in [6, 6.07) is 7.50. The second kappa shape index (κ2) is 7.26. The molecule has 1 aromatic rings. The Balaban J connectivity index is 1.88. The molecule has 1 aliphatic heterocycles. The molecule has 2 rings (SSSR count). The van der Waals surface area contributed by atoms with Crippen molar-refractivity contribution in [1.82, 2.24) is 4.90 Å². The molecule has 1 fully saturated rings. The van der Waals surface area contributed by atoms with E-state index in [2.05, 4.69) is 10.2 Å². The summed E-state index contributed by atoms with van der Waals surface area (Å²) in [5.41, 5.74) is 6.39. The number of amides is 1. The van der Waals surface area contributed by atoms with Crippen molar-refractivity contribution in [3.05, 3.63) is 24.3 Å². The second-order valence-electron chi connectivity index (χ2n) is 5.10. The molecule has 1 unspecified atom stereocenters. The zero-order chi connectivity index (χ0) is 14.4. The van der Waals surface area contributed by atoms with Crippen LogP contribution >= 0.6 is 0 Å². The van der Waals surface area contributed by atoms with Gasteiger partial charge in [-0.1, -0.05) is 12.1 Å². The molecule has 1 saturated heterocycles. The van der Waals surface area contributed by atoms with E-state index in [1.807, 2.05) is 31.2 Å². The van der Waals surface area contributed by atoms with E-state index in [-0.39, 0.29) is 5.91 Å². The summed E-state index contributed by atoms with van der Waals surface area (Å²) in [6.45, 7) is 5.48. The molecule has 1 heterocycles. The maximum absolute atomic E-state index is 12.1. The molecule has 1 amide bonds. The van der Waals surface area contributed by atoms with Gasteiger partial charge in [0.1, 0.15) is 5.75 Å². The Bertz CT molecular complexity index is 450. The lowest BCUT2D eigenvalue weighted by Crippen LogP contribution is -2.32. The highest BCUT2D eigenvalue weighted by Crippen LogP contribution is 2.23.